The van der Waals surface area contributed by atoms with Crippen LogP contribution in [0.15, 0.2) is 12.4 Å². The number of esters is 1. The Bertz CT molecular complexity index is 430. The maximum Gasteiger partial charge on any atom is 0.358 e. The van der Waals surface area contributed by atoms with Crippen LogP contribution in [0.3, 0.4) is 0 Å². The van der Waals surface area contributed by atoms with Crippen molar-refractivity contribution in [3.8, 4) is 0 Å². The van der Waals surface area contributed by atoms with Crippen LogP contribution >= 0.6 is 0 Å². The minimum absolute atomic E-state index is 0.0181. The molecule has 0 spiro atoms. The van der Waals surface area contributed by atoms with Crippen LogP contribution in [0.5, 0.6) is 0 Å². The molecular weight excluding hydrogens is 236 g/mol. The number of hydrogen-bond acceptors (Lipinski definition) is 6. The van der Waals surface area contributed by atoms with E-state index >= 15 is 0 Å². The van der Waals surface area contributed by atoms with E-state index in [1.807, 2.05) is 13.8 Å². The molecule has 0 bridgehead atoms. The van der Waals surface area contributed by atoms with E-state index in [4.69, 9.17) is 5.73 Å². The second-order valence-corrected chi connectivity index (χ2v) is 4.05. The zero-order valence-electron chi connectivity index (χ0n) is 10.5. The van der Waals surface area contributed by atoms with Crippen LogP contribution in [0.4, 0.5) is 5.82 Å². The number of carbonyl (C=O) groups excluding carboxylic acids is 2. The van der Waals surface area contributed by atoms with Crippen LogP contribution in [0, 0.1) is 5.92 Å². The lowest BCUT2D eigenvalue weighted by Gasteiger charge is -2.19. The number of hydrogen-bond donors (Lipinski definition) is 2. The van der Waals surface area contributed by atoms with E-state index in [1.165, 1.54) is 19.5 Å². The van der Waals surface area contributed by atoms with Crippen molar-refractivity contribution in [1.82, 2.24) is 9.97 Å². The maximum atomic E-state index is 11.2. The first-order valence-electron chi connectivity index (χ1n) is 5.42. The molecular formula is C11H16N4O3. The van der Waals surface area contributed by atoms with Gasteiger partial charge in [-0.15, -0.1) is 0 Å². The van der Waals surface area contributed by atoms with Crippen molar-refractivity contribution < 1.29 is 14.3 Å². The van der Waals surface area contributed by atoms with Crippen molar-refractivity contribution in [1.29, 1.82) is 0 Å². The number of methoxy groups -OCH3 is 1. The number of nitrogens with zero attached hydrogens (tertiary/aromatic N) is 2. The maximum absolute atomic E-state index is 11.2. The molecule has 0 aromatic carbocycles. The molecule has 0 radical (unpaired) electrons. The average Bonchev–Trinajstić information content (AvgIpc) is 2.35. The highest BCUT2D eigenvalue weighted by molar-refractivity contribution is 5.87. The standard InChI is InChI=1S/C11H16N4O3/c1-6(2)9(10(12)16)15-8-5-13-7(4-14-8)11(17)18-3/h4-6,9H,1-3H3,(H2,12,16)(H,14,15). The SMILES string of the molecule is COC(=O)c1cnc(NC(C(N)=O)C(C)C)cn1. The molecule has 1 aromatic heterocycles. The Balaban J connectivity index is 2.79. The number of aromatic nitrogens is 2. The lowest BCUT2D eigenvalue weighted by atomic mass is 10.0. The van der Waals surface area contributed by atoms with Gasteiger partial charge in [-0.05, 0) is 5.92 Å². The molecule has 1 rings (SSSR count). The van der Waals surface area contributed by atoms with E-state index in [2.05, 4.69) is 20.0 Å². The van der Waals surface area contributed by atoms with Gasteiger partial charge in [0.15, 0.2) is 5.69 Å². The molecule has 3 N–H and O–H groups in total. The Morgan fingerprint density at radius 3 is 2.39 bits per heavy atom. The van der Waals surface area contributed by atoms with Crippen LogP contribution < -0.4 is 11.1 Å². The van der Waals surface area contributed by atoms with Crippen molar-refractivity contribution >= 4 is 17.7 Å². The predicted molar refractivity (Wildman–Crippen MR) is 64.8 cm³/mol. The monoisotopic (exact) mass is 252 g/mol. The van der Waals surface area contributed by atoms with Crippen molar-refractivity contribution in [3.63, 3.8) is 0 Å². The van der Waals surface area contributed by atoms with Gasteiger partial charge in [-0.1, -0.05) is 13.8 Å². The van der Waals surface area contributed by atoms with Gasteiger partial charge in [0.1, 0.15) is 11.9 Å². The third-order valence-electron chi connectivity index (χ3n) is 2.32. The Morgan fingerprint density at radius 2 is 2.00 bits per heavy atom. The van der Waals surface area contributed by atoms with E-state index in [1.54, 1.807) is 0 Å². The van der Waals surface area contributed by atoms with E-state index in [-0.39, 0.29) is 11.6 Å². The summed E-state index contributed by atoms with van der Waals surface area (Å²) in [6.45, 7) is 3.72. The number of anilines is 1. The van der Waals surface area contributed by atoms with Gasteiger partial charge in [0.2, 0.25) is 5.91 Å². The highest BCUT2D eigenvalue weighted by Crippen LogP contribution is 2.09. The highest BCUT2D eigenvalue weighted by Gasteiger charge is 2.19. The normalized spacial score (nSPS) is 12.0. The van der Waals surface area contributed by atoms with Crippen molar-refractivity contribution in [3.05, 3.63) is 18.1 Å². The Hall–Kier alpha value is -2.18. The number of amides is 1. The summed E-state index contributed by atoms with van der Waals surface area (Å²) in [5.74, 6) is -0.641. The fraction of sp³-hybridized carbons (Fsp3) is 0.455. The summed E-state index contributed by atoms with van der Waals surface area (Å²) >= 11 is 0. The smallest absolute Gasteiger partial charge is 0.358 e. The molecule has 18 heavy (non-hydrogen) atoms. The van der Waals surface area contributed by atoms with Crippen LogP contribution in [0.25, 0.3) is 0 Å². The second-order valence-electron chi connectivity index (χ2n) is 4.05. The number of rotatable bonds is 5. The molecule has 1 heterocycles. The number of carbonyl (C=O) groups is 2. The summed E-state index contributed by atoms with van der Waals surface area (Å²) in [6, 6.07) is -0.539. The van der Waals surface area contributed by atoms with Crippen LogP contribution in [-0.4, -0.2) is 35.0 Å². The largest absolute Gasteiger partial charge is 0.464 e. The summed E-state index contributed by atoms with van der Waals surface area (Å²) in [5.41, 5.74) is 5.36. The molecule has 7 nitrogen and oxygen atoms in total. The summed E-state index contributed by atoms with van der Waals surface area (Å²) in [5, 5.41) is 2.86. The van der Waals surface area contributed by atoms with Gasteiger partial charge >= 0.3 is 5.97 Å². The van der Waals surface area contributed by atoms with E-state index < -0.39 is 17.9 Å². The van der Waals surface area contributed by atoms with E-state index in [0.717, 1.165) is 0 Å². The third kappa shape index (κ3) is 3.41. The van der Waals surface area contributed by atoms with Gasteiger partial charge in [0, 0.05) is 0 Å². The lowest BCUT2D eigenvalue weighted by Crippen LogP contribution is -2.39. The van der Waals surface area contributed by atoms with E-state index in [0.29, 0.717) is 5.82 Å². The van der Waals surface area contributed by atoms with Crippen molar-refractivity contribution in [2.45, 2.75) is 19.9 Å². The van der Waals surface area contributed by atoms with E-state index in [9.17, 15) is 9.59 Å². The van der Waals surface area contributed by atoms with Gasteiger partial charge < -0.3 is 15.8 Å². The molecule has 0 aliphatic rings. The summed E-state index contributed by atoms with van der Waals surface area (Å²) in [4.78, 5) is 30.2. The zero-order valence-corrected chi connectivity index (χ0v) is 10.5. The number of primary amides is 1. The predicted octanol–water partition coefficient (Wildman–Crippen LogP) is 0.185. The molecule has 1 unspecified atom stereocenters. The highest BCUT2D eigenvalue weighted by atomic mass is 16.5. The molecule has 0 fully saturated rings. The average molecular weight is 252 g/mol. The quantitative estimate of drug-likeness (QED) is 0.724. The van der Waals surface area contributed by atoms with Gasteiger partial charge in [-0.25, -0.2) is 14.8 Å². The number of ether oxygens (including phenoxy) is 1. The lowest BCUT2D eigenvalue weighted by molar-refractivity contribution is -0.119. The van der Waals surface area contributed by atoms with Gasteiger partial charge in [0.05, 0.1) is 19.5 Å². The fourth-order valence-electron chi connectivity index (χ4n) is 1.34. The first-order chi connectivity index (χ1) is 8.45. The molecule has 0 saturated heterocycles. The molecule has 0 aliphatic heterocycles. The number of nitrogens with one attached hydrogen (secondary N) is 1. The molecule has 1 atom stereocenters. The minimum atomic E-state index is -0.565. The van der Waals surface area contributed by atoms with Gasteiger partial charge in [0.25, 0.3) is 0 Å². The van der Waals surface area contributed by atoms with Gasteiger partial charge in [-0.3, -0.25) is 4.79 Å². The minimum Gasteiger partial charge on any atom is -0.464 e. The molecule has 1 aromatic rings. The first kappa shape index (κ1) is 13.9. The van der Waals surface area contributed by atoms with Gasteiger partial charge in [-0.2, -0.15) is 0 Å². The van der Waals surface area contributed by atoms with Crippen molar-refractivity contribution in [2.24, 2.45) is 11.7 Å². The molecule has 0 saturated carbocycles. The van der Waals surface area contributed by atoms with Crippen molar-refractivity contribution in [2.75, 3.05) is 12.4 Å². The molecule has 0 aliphatic carbocycles. The van der Waals surface area contributed by atoms with Crippen LogP contribution in [-0.2, 0) is 9.53 Å². The molecule has 1 amide bonds. The molecule has 7 heteroatoms. The first-order valence-corrected chi connectivity index (χ1v) is 5.42. The summed E-state index contributed by atoms with van der Waals surface area (Å²) in [7, 11) is 1.26. The fourth-order valence-corrected chi connectivity index (χ4v) is 1.34. The Morgan fingerprint density at radius 1 is 1.33 bits per heavy atom. The third-order valence-corrected chi connectivity index (χ3v) is 2.32. The Labute approximate surface area is 105 Å². The van der Waals surface area contributed by atoms with Crippen LogP contribution in [0.1, 0.15) is 24.3 Å². The molecule has 98 valence electrons. The number of nitrogens with two attached hydrogens (primary N) is 1. The summed E-state index contributed by atoms with van der Waals surface area (Å²) in [6.07, 6.45) is 2.62. The van der Waals surface area contributed by atoms with Crippen LogP contribution in [0.2, 0.25) is 0 Å². The summed E-state index contributed by atoms with van der Waals surface area (Å²) < 4.78 is 4.50. The zero-order chi connectivity index (χ0) is 13.7. The second kappa shape index (κ2) is 5.95. The Kier molecular flexibility index (Phi) is 4.59. The topological polar surface area (TPSA) is 107 Å².